The molecule has 0 spiro atoms. The van der Waals surface area contributed by atoms with Gasteiger partial charge < -0.3 is 25.0 Å². The fourth-order valence-electron chi connectivity index (χ4n) is 6.51. The number of nitrogens with one attached hydrogen (secondary N) is 1. The lowest BCUT2D eigenvalue weighted by atomic mass is 10.0. The SMILES string of the molecule is CC(C)(C)NC(=O)C(CCC(=O)O)N1Cc2cc(OC3CCN(Cc4ccc5nc(N6CCCC6)ncc5c4)C3)ccc2C1=O. The lowest BCUT2D eigenvalue weighted by Gasteiger charge is -2.30. The predicted molar refractivity (Wildman–Crippen MR) is 170 cm³/mol. The highest BCUT2D eigenvalue weighted by molar-refractivity contribution is 6.01. The largest absolute Gasteiger partial charge is 0.489 e. The van der Waals surface area contributed by atoms with Gasteiger partial charge >= 0.3 is 5.97 Å². The molecule has 4 heterocycles. The molecule has 2 atom stereocenters. The first-order valence-corrected chi connectivity index (χ1v) is 15.9. The molecule has 11 heteroatoms. The zero-order valence-corrected chi connectivity index (χ0v) is 26.3. The third-order valence-corrected chi connectivity index (χ3v) is 8.68. The smallest absolute Gasteiger partial charge is 0.303 e. The zero-order valence-electron chi connectivity index (χ0n) is 26.3. The molecule has 11 nitrogen and oxygen atoms in total. The van der Waals surface area contributed by atoms with Gasteiger partial charge in [0.1, 0.15) is 17.9 Å². The molecule has 0 radical (unpaired) electrons. The normalized spacial score (nSPS) is 19.3. The number of carbonyl (C=O) groups excluding carboxylic acids is 2. The van der Waals surface area contributed by atoms with Gasteiger partial charge in [0.2, 0.25) is 11.9 Å². The number of likely N-dealkylation sites (tertiary alicyclic amines) is 1. The molecule has 3 aliphatic heterocycles. The van der Waals surface area contributed by atoms with Crippen molar-refractivity contribution < 1.29 is 24.2 Å². The molecular formula is C34H42N6O5. The second-order valence-corrected chi connectivity index (χ2v) is 13.5. The Morgan fingerprint density at radius 2 is 1.91 bits per heavy atom. The summed E-state index contributed by atoms with van der Waals surface area (Å²) in [4.78, 5) is 53.2. The van der Waals surface area contributed by atoms with Crippen molar-refractivity contribution in [1.82, 2.24) is 25.1 Å². The average molecular weight is 615 g/mol. The van der Waals surface area contributed by atoms with Gasteiger partial charge in [-0.1, -0.05) is 6.07 Å². The number of fused-ring (bicyclic) bond motifs is 2. The summed E-state index contributed by atoms with van der Waals surface area (Å²) in [6.45, 7) is 10.4. The number of anilines is 1. The van der Waals surface area contributed by atoms with Crippen molar-refractivity contribution >= 4 is 34.6 Å². The molecule has 2 unspecified atom stereocenters. The van der Waals surface area contributed by atoms with E-state index in [0.717, 1.165) is 61.6 Å². The van der Waals surface area contributed by atoms with E-state index in [-0.39, 0.29) is 37.3 Å². The number of nitrogens with zero attached hydrogens (tertiary/aromatic N) is 5. The van der Waals surface area contributed by atoms with Crippen molar-refractivity contribution in [2.75, 3.05) is 31.1 Å². The van der Waals surface area contributed by atoms with Crippen LogP contribution in [0.2, 0.25) is 0 Å². The number of carboxylic acids is 1. The van der Waals surface area contributed by atoms with Crippen molar-refractivity contribution in [2.24, 2.45) is 0 Å². The van der Waals surface area contributed by atoms with E-state index in [2.05, 4.69) is 38.3 Å². The summed E-state index contributed by atoms with van der Waals surface area (Å²) >= 11 is 0. The highest BCUT2D eigenvalue weighted by atomic mass is 16.5. The van der Waals surface area contributed by atoms with Crippen LogP contribution in [0.25, 0.3) is 10.9 Å². The van der Waals surface area contributed by atoms with Crippen molar-refractivity contribution in [3.05, 3.63) is 59.3 Å². The average Bonchev–Trinajstić information content (AvgIpc) is 3.74. The van der Waals surface area contributed by atoms with Gasteiger partial charge in [-0.05, 0) is 87.9 Å². The molecule has 0 bridgehead atoms. The van der Waals surface area contributed by atoms with E-state index in [0.29, 0.717) is 11.3 Å². The van der Waals surface area contributed by atoms with E-state index < -0.39 is 17.6 Å². The molecule has 3 aliphatic rings. The second kappa shape index (κ2) is 12.6. The number of benzene rings is 2. The minimum Gasteiger partial charge on any atom is -0.489 e. The van der Waals surface area contributed by atoms with Gasteiger partial charge in [0.25, 0.3) is 5.91 Å². The molecule has 2 saturated heterocycles. The Balaban J connectivity index is 1.07. The van der Waals surface area contributed by atoms with Crippen molar-refractivity contribution in [3.63, 3.8) is 0 Å². The van der Waals surface area contributed by atoms with Crippen LogP contribution in [0.1, 0.15) is 74.4 Å². The minimum atomic E-state index is -1.00. The number of rotatable bonds is 10. The zero-order chi connectivity index (χ0) is 31.7. The Kier molecular flexibility index (Phi) is 8.63. The molecule has 3 aromatic rings. The Hall–Kier alpha value is -4.25. The molecule has 0 aliphatic carbocycles. The van der Waals surface area contributed by atoms with Crippen LogP contribution < -0.4 is 15.0 Å². The van der Waals surface area contributed by atoms with Crippen LogP contribution in [0.4, 0.5) is 5.95 Å². The van der Waals surface area contributed by atoms with Crippen LogP contribution in [-0.2, 0) is 22.7 Å². The Bertz CT molecular complexity index is 1600. The summed E-state index contributed by atoms with van der Waals surface area (Å²) in [5.74, 6) is -0.113. The van der Waals surface area contributed by atoms with Gasteiger partial charge in [-0.2, -0.15) is 0 Å². The molecule has 1 aromatic heterocycles. The van der Waals surface area contributed by atoms with Gasteiger partial charge in [0, 0.05) is 68.4 Å². The second-order valence-electron chi connectivity index (χ2n) is 13.5. The lowest BCUT2D eigenvalue weighted by molar-refractivity contribution is -0.137. The summed E-state index contributed by atoms with van der Waals surface area (Å²) in [5.41, 5.74) is 2.97. The number of ether oxygens (including phenoxy) is 1. The fraction of sp³-hybridized carbons (Fsp3) is 0.500. The molecule has 238 valence electrons. The molecule has 0 saturated carbocycles. The van der Waals surface area contributed by atoms with E-state index in [1.807, 2.05) is 39.1 Å². The van der Waals surface area contributed by atoms with E-state index in [9.17, 15) is 19.5 Å². The molecule has 2 N–H and O–H groups in total. The summed E-state index contributed by atoms with van der Waals surface area (Å²) in [5, 5.41) is 13.2. The highest BCUT2D eigenvalue weighted by Gasteiger charge is 2.38. The molecule has 2 aromatic carbocycles. The monoisotopic (exact) mass is 614 g/mol. The highest BCUT2D eigenvalue weighted by Crippen LogP contribution is 2.31. The topological polar surface area (TPSA) is 128 Å². The number of aromatic nitrogens is 2. The maximum absolute atomic E-state index is 13.3. The van der Waals surface area contributed by atoms with E-state index in [1.165, 1.54) is 23.3 Å². The quantitative estimate of drug-likeness (QED) is 0.348. The molecule has 2 fully saturated rings. The third kappa shape index (κ3) is 7.19. The first-order valence-electron chi connectivity index (χ1n) is 15.9. The fourth-order valence-corrected chi connectivity index (χ4v) is 6.51. The number of hydrogen-bond donors (Lipinski definition) is 2. The first-order chi connectivity index (χ1) is 21.5. The van der Waals surface area contributed by atoms with Crippen LogP contribution in [0.3, 0.4) is 0 Å². The molecule has 6 rings (SSSR count). The van der Waals surface area contributed by atoms with Gasteiger partial charge in [-0.3, -0.25) is 19.3 Å². The molecule has 2 amide bonds. The minimum absolute atomic E-state index is 0.0175. The Morgan fingerprint density at radius 1 is 1.11 bits per heavy atom. The van der Waals surface area contributed by atoms with Crippen LogP contribution in [0.15, 0.2) is 42.6 Å². The molecular weight excluding hydrogens is 572 g/mol. The van der Waals surface area contributed by atoms with E-state index >= 15 is 0 Å². The number of hydrogen-bond acceptors (Lipinski definition) is 8. The summed E-state index contributed by atoms with van der Waals surface area (Å²) < 4.78 is 6.37. The standard InChI is InChI=1S/C34H42N6O5/c1-34(2,3)37-31(43)29(10-11-30(41)42)40-20-24-17-25(7-8-27(24)32(40)44)45-26-12-15-38(21-26)19-22-6-9-28-23(16-22)18-35-33(36-28)39-13-4-5-14-39/h6-9,16-18,26,29H,4-5,10-15,19-21H2,1-3H3,(H,37,43)(H,41,42). The number of amides is 2. The van der Waals surface area contributed by atoms with Crippen molar-refractivity contribution in [1.29, 1.82) is 0 Å². The van der Waals surface area contributed by atoms with Crippen molar-refractivity contribution in [3.8, 4) is 5.75 Å². The summed E-state index contributed by atoms with van der Waals surface area (Å²) in [6.07, 6.45) is 5.07. The van der Waals surface area contributed by atoms with E-state index in [1.54, 1.807) is 6.07 Å². The molecule has 45 heavy (non-hydrogen) atoms. The summed E-state index contributed by atoms with van der Waals surface area (Å²) in [7, 11) is 0. The maximum Gasteiger partial charge on any atom is 0.303 e. The third-order valence-electron chi connectivity index (χ3n) is 8.68. The maximum atomic E-state index is 13.3. The van der Waals surface area contributed by atoms with Crippen LogP contribution in [0, 0.1) is 0 Å². The number of aliphatic carboxylic acids is 1. The van der Waals surface area contributed by atoms with Crippen LogP contribution in [-0.4, -0.2) is 86.5 Å². The van der Waals surface area contributed by atoms with Gasteiger partial charge in [-0.25, -0.2) is 9.97 Å². The van der Waals surface area contributed by atoms with Crippen LogP contribution >= 0.6 is 0 Å². The van der Waals surface area contributed by atoms with Gasteiger partial charge in [0.05, 0.1) is 5.52 Å². The van der Waals surface area contributed by atoms with Crippen molar-refractivity contribution in [2.45, 2.75) is 83.6 Å². The summed E-state index contributed by atoms with van der Waals surface area (Å²) in [6, 6.07) is 11.0. The van der Waals surface area contributed by atoms with E-state index in [4.69, 9.17) is 9.72 Å². The first kappa shape index (κ1) is 30.8. The van der Waals surface area contributed by atoms with Gasteiger partial charge in [0.15, 0.2) is 0 Å². The number of carbonyl (C=O) groups is 3. The lowest BCUT2D eigenvalue weighted by Crippen LogP contribution is -2.52. The van der Waals surface area contributed by atoms with Gasteiger partial charge in [-0.15, -0.1) is 0 Å². The Morgan fingerprint density at radius 3 is 2.67 bits per heavy atom. The predicted octanol–water partition coefficient (Wildman–Crippen LogP) is 3.99. The Labute approximate surface area is 263 Å². The van der Waals surface area contributed by atoms with Crippen LogP contribution in [0.5, 0.6) is 5.75 Å². The number of carboxylic acid groups (broad SMARTS) is 1.